The summed E-state index contributed by atoms with van der Waals surface area (Å²) in [7, 11) is 1.48. The first-order chi connectivity index (χ1) is 10.0. The van der Waals surface area contributed by atoms with E-state index in [1.54, 1.807) is 23.5 Å². The first-order valence-corrected chi connectivity index (χ1v) is 7.86. The van der Waals surface area contributed by atoms with E-state index in [1.807, 2.05) is 6.92 Å². The maximum atomic E-state index is 13.5. The molecule has 0 saturated carbocycles. The fraction of sp³-hybridized carbons (Fsp3) is 0.438. The second kappa shape index (κ2) is 7.00. The zero-order valence-corrected chi connectivity index (χ0v) is 13.7. The molecule has 3 nitrogen and oxygen atoms in total. The third-order valence-electron chi connectivity index (χ3n) is 3.48. The van der Waals surface area contributed by atoms with E-state index < -0.39 is 0 Å². The first kappa shape index (κ1) is 15.9. The Bertz CT molecular complexity index is 593. The van der Waals surface area contributed by atoms with Crippen LogP contribution in [0.15, 0.2) is 18.2 Å². The summed E-state index contributed by atoms with van der Waals surface area (Å²) in [4.78, 5) is 5.84. The fourth-order valence-electron chi connectivity index (χ4n) is 2.25. The van der Waals surface area contributed by atoms with Gasteiger partial charge in [0.2, 0.25) is 0 Å². The van der Waals surface area contributed by atoms with E-state index in [2.05, 4.69) is 24.1 Å². The van der Waals surface area contributed by atoms with Crippen LogP contribution >= 0.6 is 11.3 Å². The molecule has 0 spiro atoms. The zero-order valence-electron chi connectivity index (χ0n) is 12.9. The third kappa shape index (κ3) is 3.80. The Labute approximate surface area is 129 Å². The first-order valence-electron chi connectivity index (χ1n) is 7.04. The number of halogens is 1. The molecule has 1 aromatic heterocycles. The van der Waals surface area contributed by atoms with Gasteiger partial charge in [0.15, 0.2) is 11.6 Å². The fourth-order valence-corrected chi connectivity index (χ4v) is 3.23. The van der Waals surface area contributed by atoms with E-state index in [1.165, 1.54) is 18.1 Å². The van der Waals surface area contributed by atoms with Gasteiger partial charge in [0.05, 0.1) is 17.8 Å². The summed E-state index contributed by atoms with van der Waals surface area (Å²) < 4.78 is 18.6. The highest BCUT2D eigenvalue weighted by molar-refractivity contribution is 7.11. The van der Waals surface area contributed by atoms with Gasteiger partial charge in [-0.15, -0.1) is 11.3 Å². The Morgan fingerprint density at radius 1 is 1.38 bits per heavy atom. The molecule has 0 aliphatic carbocycles. The number of aryl methyl sites for hydroxylation is 2. The Hall–Kier alpha value is -1.46. The van der Waals surface area contributed by atoms with Crippen LogP contribution in [0.4, 0.5) is 4.39 Å². The molecular weight excluding hydrogens is 287 g/mol. The maximum Gasteiger partial charge on any atom is 0.165 e. The third-order valence-corrected chi connectivity index (χ3v) is 4.57. The quantitative estimate of drug-likeness (QED) is 0.881. The molecule has 0 aliphatic heterocycles. The highest BCUT2D eigenvalue weighted by atomic mass is 32.1. The van der Waals surface area contributed by atoms with E-state index >= 15 is 0 Å². The van der Waals surface area contributed by atoms with E-state index in [4.69, 9.17) is 4.74 Å². The Morgan fingerprint density at radius 3 is 2.71 bits per heavy atom. The molecule has 0 bridgehead atoms. The van der Waals surface area contributed by atoms with E-state index in [0.29, 0.717) is 0 Å². The summed E-state index contributed by atoms with van der Waals surface area (Å²) in [5.74, 6) is -0.0562. The normalized spacial score (nSPS) is 12.4. The Kier molecular flexibility index (Phi) is 5.31. The van der Waals surface area contributed by atoms with Gasteiger partial charge in [0, 0.05) is 17.3 Å². The van der Waals surface area contributed by atoms with Gasteiger partial charge in [-0.2, -0.15) is 0 Å². The number of aromatic nitrogens is 1. The van der Waals surface area contributed by atoms with Crippen LogP contribution in [0.2, 0.25) is 0 Å². The smallest absolute Gasteiger partial charge is 0.165 e. The van der Waals surface area contributed by atoms with Gasteiger partial charge in [-0.05, 0) is 38.1 Å². The molecule has 0 radical (unpaired) electrons. The predicted octanol–water partition coefficient (Wildman–Crippen LogP) is 3.80. The molecule has 2 rings (SSSR count). The average Bonchev–Trinajstić information content (AvgIpc) is 2.77. The number of rotatable bonds is 6. The van der Waals surface area contributed by atoms with Crippen molar-refractivity contribution < 1.29 is 9.13 Å². The maximum absolute atomic E-state index is 13.5. The molecule has 0 saturated heterocycles. The monoisotopic (exact) mass is 308 g/mol. The predicted molar refractivity (Wildman–Crippen MR) is 84.7 cm³/mol. The van der Waals surface area contributed by atoms with Gasteiger partial charge in [-0.3, -0.25) is 0 Å². The average molecular weight is 308 g/mol. The van der Waals surface area contributed by atoms with Crippen LogP contribution in [0.25, 0.3) is 0 Å². The number of likely N-dealkylation sites (N-methyl/N-ethyl adjacent to an activating group) is 1. The van der Waals surface area contributed by atoms with Crippen molar-refractivity contribution in [3.8, 4) is 5.75 Å². The number of nitrogens with one attached hydrogen (secondary N) is 1. The summed E-state index contributed by atoms with van der Waals surface area (Å²) in [6, 6.07) is 5.13. The van der Waals surface area contributed by atoms with Crippen molar-refractivity contribution in [2.45, 2.75) is 33.2 Å². The lowest BCUT2D eigenvalue weighted by molar-refractivity contribution is 0.384. The molecule has 1 atom stereocenters. The highest BCUT2D eigenvalue weighted by Crippen LogP contribution is 2.27. The lowest BCUT2D eigenvalue weighted by Gasteiger charge is -2.18. The topological polar surface area (TPSA) is 34.2 Å². The van der Waals surface area contributed by atoms with E-state index in [-0.39, 0.29) is 17.6 Å². The molecule has 2 aromatic rings. The minimum absolute atomic E-state index is 0.106. The Morgan fingerprint density at radius 2 is 2.14 bits per heavy atom. The van der Waals surface area contributed by atoms with Gasteiger partial charge >= 0.3 is 0 Å². The summed E-state index contributed by atoms with van der Waals surface area (Å²) in [5.41, 5.74) is 2.10. The van der Waals surface area contributed by atoms with Gasteiger partial charge < -0.3 is 10.1 Å². The molecule has 1 aromatic carbocycles. The van der Waals surface area contributed by atoms with Crippen LogP contribution in [0.1, 0.15) is 34.1 Å². The lowest BCUT2D eigenvalue weighted by Crippen LogP contribution is -2.23. The summed E-state index contributed by atoms with van der Waals surface area (Å²) >= 11 is 1.72. The van der Waals surface area contributed by atoms with Gasteiger partial charge in [-0.25, -0.2) is 9.37 Å². The van der Waals surface area contributed by atoms with Crippen molar-refractivity contribution in [3.05, 3.63) is 45.2 Å². The van der Waals surface area contributed by atoms with Gasteiger partial charge in [0.1, 0.15) is 0 Å². The number of ether oxygens (including phenoxy) is 1. The molecule has 0 aliphatic rings. The molecule has 21 heavy (non-hydrogen) atoms. The Balaban J connectivity index is 2.25. The van der Waals surface area contributed by atoms with Crippen LogP contribution in [0.5, 0.6) is 5.75 Å². The molecule has 1 unspecified atom stereocenters. The van der Waals surface area contributed by atoms with E-state index in [9.17, 15) is 4.39 Å². The molecule has 0 fully saturated rings. The second-order valence-electron chi connectivity index (χ2n) is 4.96. The van der Waals surface area contributed by atoms with Gasteiger partial charge in [-0.1, -0.05) is 13.0 Å². The van der Waals surface area contributed by atoms with Crippen LogP contribution in [0, 0.1) is 19.7 Å². The van der Waals surface area contributed by atoms with Crippen molar-refractivity contribution in [1.29, 1.82) is 0 Å². The van der Waals surface area contributed by atoms with Crippen LogP contribution in [0.3, 0.4) is 0 Å². The standard InChI is InChI=1S/C16H21FN2OS/c1-5-18-14(9-16-19-10(2)11(3)21-16)12-6-7-13(17)15(8-12)20-4/h6-8,14,18H,5,9H2,1-4H3. The van der Waals surface area contributed by atoms with Crippen molar-refractivity contribution in [3.63, 3.8) is 0 Å². The summed E-state index contributed by atoms with van der Waals surface area (Å²) in [5, 5.41) is 4.53. The van der Waals surface area contributed by atoms with E-state index in [0.717, 1.165) is 29.2 Å². The zero-order chi connectivity index (χ0) is 15.4. The molecule has 1 N–H and O–H groups in total. The molecule has 114 valence electrons. The molecule has 0 amide bonds. The SMILES string of the molecule is CCNC(Cc1nc(C)c(C)s1)c1ccc(F)c(OC)c1. The molecular formula is C16H21FN2OS. The second-order valence-corrected chi connectivity index (χ2v) is 6.25. The van der Waals surface area contributed by atoms with Crippen molar-refractivity contribution in [2.24, 2.45) is 0 Å². The number of methoxy groups -OCH3 is 1. The lowest BCUT2D eigenvalue weighted by atomic mass is 10.0. The minimum Gasteiger partial charge on any atom is -0.494 e. The van der Waals surface area contributed by atoms with Crippen LogP contribution < -0.4 is 10.1 Å². The minimum atomic E-state index is -0.336. The van der Waals surface area contributed by atoms with Crippen LogP contribution in [-0.4, -0.2) is 18.6 Å². The molecule has 5 heteroatoms. The van der Waals surface area contributed by atoms with Gasteiger partial charge in [0.25, 0.3) is 0 Å². The number of nitrogens with zero attached hydrogens (tertiary/aromatic N) is 1. The number of benzene rings is 1. The highest BCUT2D eigenvalue weighted by Gasteiger charge is 2.16. The number of hydrogen-bond acceptors (Lipinski definition) is 4. The van der Waals surface area contributed by atoms with Crippen molar-refractivity contribution in [1.82, 2.24) is 10.3 Å². The van der Waals surface area contributed by atoms with Crippen molar-refractivity contribution in [2.75, 3.05) is 13.7 Å². The number of hydrogen-bond donors (Lipinski definition) is 1. The molecule has 1 heterocycles. The largest absolute Gasteiger partial charge is 0.494 e. The van der Waals surface area contributed by atoms with Crippen LogP contribution in [-0.2, 0) is 6.42 Å². The number of thiazole rings is 1. The summed E-state index contributed by atoms with van der Waals surface area (Å²) in [6.07, 6.45) is 0.794. The summed E-state index contributed by atoms with van der Waals surface area (Å²) in [6.45, 7) is 7.01. The van der Waals surface area contributed by atoms with Crippen molar-refractivity contribution >= 4 is 11.3 Å².